The molecule has 3 aromatic rings. The predicted molar refractivity (Wildman–Crippen MR) is 82.9 cm³/mol. The van der Waals surface area contributed by atoms with E-state index in [1.54, 1.807) is 11.3 Å². The van der Waals surface area contributed by atoms with Crippen LogP contribution in [0.3, 0.4) is 0 Å². The van der Waals surface area contributed by atoms with Crippen molar-refractivity contribution in [2.75, 3.05) is 5.32 Å². The Morgan fingerprint density at radius 3 is 2.95 bits per heavy atom. The molecule has 0 saturated heterocycles. The molecular weight excluding hydrogens is 276 g/mol. The number of hydrogen-bond donors (Lipinski definition) is 1. The van der Waals surface area contributed by atoms with Gasteiger partial charge in [0.1, 0.15) is 5.82 Å². The van der Waals surface area contributed by atoms with Gasteiger partial charge < -0.3 is 5.32 Å². The molecule has 0 aliphatic rings. The first-order valence-corrected chi connectivity index (χ1v) is 7.48. The van der Waals surface area contributed by atoms with Crippen LogP contribution >= 0.6 is 22.9 Å². The monoisotopic (exact) mass is 288 g/mol. The smallest absolute Gasteiger partial charge is 0.134 e. The molecule has 0 spiro atoms. The van der Waals surface area contributed by atoms with Gasteiger partial charge in [0.2, 0.25) is 0 Å². The fourth-order valence-electron chi connectivity index (χ4n) is 2.04. The van der Waals surface area contributed by atoms with Crippen LogP contribution in [0.15, 0.2) is 48.0 Å². The number of nitrogens with zero attached hydrogens (tertiary/aromatic N) is 1. The Bertz CT molecular complexity index is 693. The van der Waals surface area contributed by atoms with E-state index in [-0.39, 0.29) is 0 Å². The molecule has 0 radical (unpaired) electrons. The average Bonchev–Trinajstić information content (AvgIpc) is 2.94. The first-order valence-electron chi connectivity index (χ1n) is 6.06. The lowest BCUT2D eigenvalue weighted by molar-refractivity contribution is 1.11. The van der Waals surface area contributed by atoms with Crippen molar-refractivity contribution < 1.29 is 0 Å². The van der Waals surface area contributed by atoms with Gasteiger partial charge >= 0.3 is 0 Å². The molecule has 0 bridgehead atoms. The summed E-state index contributed by atoms with van der Waals surface area (Å²) in [5.74, 6) is 1.49. The number of fused-ring (bicyclic) bond motifs is 1. The highest BCUT2D eigenvalue weighted by Gasteiger charge is 2.03. The highest BCUT2D eigenvalue weighted by molar-refractivity contribution is 7.17. The number of nitrogens with one attached hydrogen (secondary N) is 1. The molecule has 0 saturated carbocycles. The van der Waals surface area contributed by atoms with Crippen molar-refractivity contribution in [3.8, 4) is 0 Å². The minimum absolute atomic E-state index is 0.548. The molecule has 19 heavy (non-hydrogen) atoms. The Hall–Kier alpha value is -1.58. The van der Waals surface area contributed by atoms with Crippen molar-refractivity contribution in [2.24, 2.45) is 0 Å². The third-order valence-corrected chi connectivity index (χ3v) is 4.18. The molecule has 1 N–H and O–H groups in total. The Morgan fingerprint density at radius 2 is 2.05 bits per heavy atom. The molecule has 4 heteroatoms. The number of halogens is 1. The molecule has 1 aromatic carbocycles. The number of benzene rings is 1. The van der Waals surface area contributed by atoms with Gasteiger partial charge in [0, 0.05) is 28.7 Å². The second-order valence-corrected chi connectivity index (χ2v) is 5.51. The van der Waals surface area contributed by atoms with Crippen molar-refractivity contribution in [3.05, 3.63) is 59.1 Å². The van der Waals surface area contributed by atoms with Gasteiger partial charge in [-0.2, -0.15) is 0 Å². The summed E-state index contributed by atoms with van der Waals surface area (Å²) in [6, 6.07) is 12.4. The number of hydrogen-bond acceptors (Lipinski definition) is 3. The van der Waals surface area contributed by atoms with E-state index in [2.05, 4.69) is 33.9 Å². The summed E-state index contributed by atoms with van der Waals surface area (Å²) in [6.45, 7) is 0.757. The van der Waals surface area contributed by atoms with Crippen LogP contribution in [0.1, 0.15) is 11.1 Å². The number of rotatable bonds is 4. The summed E-state index contributed by atoms with van der Waals surface area (Å²) >= 11 is 7.58. The maximum absolute atomic E-state index is 5.85. The largest absolute Gasteiger partial charge is 0.365 e. The molecule has 0 unspecified atom stereocenters. The lowest BCUT2D eigenvalue weighted by Gasteiger charge is -2.07. The molecule has 2 heterocycles. The molecule has 2 aromatic heterocycles. The van der Waals surface area contributed by atoms with Crippen LogP contribution in [0.2, 0.25) is 0 Å². The van der Waals surface area contributed by atoms with Gasteiger partial charge in [-0.15, -0.1) is 22.9 Å². The summed E-state index contributed by atoms with van der Waals surface area (Å²) in [7, 11) is 0. The van der Waals surface area contributed by atoms with Crippen LogP contribution in [-0.2, 0) is 12.4 Å². The lowest BCUT2D eigenvalue weighted by Crippen LogP contribution is -2.01. The molecule has 96 valence electrons. The Kier molecular flexibility index (Phi) is 3.67. The van der Waals surface area contributed by atoms with E-state index in [9.17, 15) is 0 Å². The van der Waals surface area contributed by atoms with Gasteiger partial charge in [-0.1, -0.05) is 24.3 Å². The normalized spacial score (nSPS) is 10.8. The third-order valence-electron chi connectivity index (χ3n) is 2.99. The highest BCUT2D eigenvalue weighted by Crippen LogP contribution is 2.26. The van der Waals surface area contributed by atoms with E-state index in [1.165, 1.54) is 15.6 Å². The number of aromatic nitrogens is 1. The predicted octanol–water partition coefficient (Wildman–Crippen LogP) is 4.65. The van der Waals surface area contributed by atoms with Crippen molar-refractivity contribution in [1.82, 2.24) is 4.98 Å². The second kappa shape index (κ2) is 5.59. The van der Waals surface area contributed by atoms with Gasteiger partial charge in [0.25, 0.3) is 0 Å². The van der Waals surface area contributed by atoms with E-state index in [0.29, 0.717) is 5.88 Å². The first kappa shape index (κ1) is 12.5. The molecule has 0 aliphatic carbocycles. The van der Waals surface area contributed by atoms with Crippen molar-refractivity contribution >= 4 is 38.8 Å². The lowest BCUT2D eigenvalue weighted by atomic mass is 10.1. The summed E-state index contributed by atoms with van der Waals surface area (Å²) < 4.78 is 1.26. The van der Waals surface area contributed by atoms with Crippen molar-refractivity contribution in [3.63, 3.8) is 0 Å². The minimum Gasteiger partial charge on any atom is -0.365 e. The highest BCUT2D eigenvalue weighted by atomic mass is 35.5. The summed E-state index contributed by atoms with van der Waals surface area (Å²) in [6.07, 6.45) is 1.84. The molecular formula is C15H13ClN2S. The van der Waals surface area contributed by atoms with Gasteiger partial charge in [0.05, 0.1) is 0 Å². The zero-order valence-electron chi connectivity index (χ0n) is 10.3. The maximum atomic E-state index is 5.85. The first-order chi connectivity index (χ1) is 9.36. The van der Waals surface area contributed by atoms with Crippen LogP contribution in [0.25, 0.3) is 10.1 Å². The van der Waals surface area contributed by atoms with Crippen LogP contribution in [-0.4, -0.2) is 4.98 Å². The van der Waals surface area contributed by atoms with E-state index in [0.717, 1.165) is 17.9 Å². The molecule has 3 rings (SSSR count). The van der Waals surface area contributed by atoms with Crippen LogP contribution in [0.4, 0.5) is 5.82 Å². The molecule has 2 nitrogen and oxygen atoms in total. The average molecular weight is 289 g/mol. The zero-order valence-corrected chi connectivity index (χ0v) is 11.8. The van der Waals surface area contributed by atoms with Gasteiger partial charge in [-0.25, -0.2) is 4.98 Å². The number of alkyl halides is 1. The fourth-order valence-corrected chi connectivity index (χ4v) is 2.99. The van der Waals surface area contributed by atoms with Crippen LogP contribution in [0, 0.1) is 0 Å². The number of anilines is 1. The van der Waals surface area contributed by atoms with Crippen molar-refractivity contribution in [2.45, 2.75) is 12.4 Å². The summed E-state index contributed by atoms with van der Waals surface area (Å²) in [5, 5.41) is 6.66. The van der Waals surface area contributed by atoms with E-state index >= 15 is 0 Å². The SMILES string of the molecule is ClCc1cccc(CNc2nccc3sccc23)c1. The standard InChI is InChI=1S/C15H13ClN2S/c16-9-11-2-1-3-12(8-11)10-18-15-13-5-7-19-14(13)4-6-17-15/h1-8H,9-10H2,(H,17,18). The summed E-state index contributed by atoms with van der Waals surface area (Å²) in [4.78, 5) is 4.41. The Labute approximate surface area is 121 Å². The van der Waals surface area contributed by atoms with Crippen molar-refractivity contribution in [1.29, 1.82) is 0 Å². The molecule has 0 aliphatic heterocycles. The molecule has 0 atom stereocenters. The second-order valence-electron chi connectivity index (χ2n) is 4.30. The zero-order chi connectivity index (χ0) is 13.1. The topological polar surface area (TPSA) is 24.9 Å². The van der Waals surface area contributed by atoms with E-state index < -0.39 is 0 Å². The fraction of sp³-hybridized carbons (Fsp3) is 0.133. The van der Waals surface area contributed by atoms with Crippen LogP contribution < -0.4 is 5.32 Å². The maximum Gasteiger partial charge on any atom is 0.134 e. The number of pyridine rings is 1. The summed E-state index contributed by atoms with van der Waals surface area (Å²) in [5.41, 5.74) is 2.36. The minimum atomic E-state index is 0.548. The van der Waals surface area contributed by atoms with Gasteiger partial charge in [-0.05, 0) is 28.6 Å². The third kappa shape index (κ3) is 2.72. The molecule has 0 amide bonds. The van der Waals surface area contributed by atoms with Crippen LogP contribution in [0.5, 0.6) is 0 Å². The van der Waals surface area contributed by atoms with Gasteiger partial charge in [-0.3, -0.25) is 0 Å². The van der Waals surface area contributed by atoms with E-state index in [1.807, 2.05) is 24.4 Å². The van der Waals surface area contributed by atoms with E-state index in [4.69, 9.17) is 11.6 Å². The Balaban J connectivity index is 1.80. The Morgan fingerprint density at radius 1 is 1.16 bits per heavy atom. The van der Waals surface area contributed by atoms with Gasteiger partial charge in [0.15, 0.2) is 0 Å². The molecule has 0 fully saturated rings. The number of thiophene rings is 1. The quantitative estimate of drug-likeness (QED) is 0.707.